The predicted octanol–water partition coefficient (Wildman–Crippen LogP) is 0.727. The Kier molecular flexibility index (Phi) is 3.19. The van der Waals surface area contributed by atoms with Crippen LogP contribution >= 0.6 is 0 Å². The van der Waals surface area contributed by atoms with Gasteiger partial charge >= 0.3 is 6.09 Å². The van der Waals surface area contributed by atoms with Crippen molar-refractivity contribution < 1.29 is 19.4 Å². The van der Waals surface area contributed by atoms with Crippen LogP contribution in [0.25, 0.3) is 0 Å². The summed E-state index contributed by atoms with van der Waals surface area (Å²) in [6.45, 7) is 0.961. The molecule has 1 fully saturated rings. The number of ether oxygens (including phenoxy) is 1. The lowest BCUT2D eigenvalue weighted by Gasteiger charge is -2.44. The molecule has 1 N–H and O–H groups in total. The van der Waals surface area contributed by atoms with Crippen molar-refractivity contribution in [2.45, 2.75) is 19.3 Å². The second-order valence-electron chi connectivity index (χ2n) is 4.72. The highest BCUT2D eigenvalue weighted by Crippen LogP contribution is 2.41. The normalized spacial score (nSPS) is 28.5. The molecular weight excluding hydrogens is 222 g/mol. The Balaban J connectivity index is 2.23. The summed E-state index contributed by atoms with van der Waals surface area (Å²) in [6, 6.07) is 0. The summed E-state index contributed by atoms with van der Waals surface area (Å²) >= 11 is 0. The summed E-state index contributed by atoms with van der Waals surface area (Å²) in [5.41, 5.74) is 0.553. The van der Waals surface area contributed by atoms with Gasteiger partial charge in [0.25, 0.3) is 0 Å². The molecule has 1 saturated heterocycles. The number of aliphatic hydroxyl groups excluding tert-OH is 1. The highest BCUT2D eigenvalue weighted by Gasteiger charge is 2.42. The van der Waals surface area contributed by atoms with Gasteiger partial charge in [0.15, 0.2) is 5.78 Å². The van der Waals surface area contributed by atoms with E-state index in [9.17, 15) is 14.7 Å². The van der Waals surface area contributed by atoms with Gasteiger partial charge in [-0.25, -0.2) is 4.79 Å². The van der Waals surface area contributed by atoms with E-state index in [0.29, 0.717) is 32.4 Å². The zero-order chi connectivity index (χ0) is 12.5. The third-order valence-corrected chi connectivity index (χ3v) is 3.75. The molecule has 2 aliphatic rings. The Hall–Kier alpha value is -1.36. The molecule has 0 aromatic heterocycles. The van der Waals surface area contributed by atoms with Crippen molar-refractivity contribution in [1.82, 2.24) is 4.90 Å². The number of likely N-dealkylation sites (tertiary alicyclic amines) is 1. The van der Waals surface area contributed by atoms with E-state index in [0.717, 1.165) is 5.57 Å². The summed E-state index contributed by atoms with van der Waals surface area (Å²) in [4.78, 5) is 24.5. The van der Waals surface area contributed by atoms with Crippen LogP contribution in [0, 0.1) is 5.41 Å². The van der Waals surface area contributed by atoms with Crippen LogP contribution in [0.5, 0.6) is 0 Å². The molecule has 1 heterocycles. The maximum atomic E-state index is 11.5. The van der Waals surface area contributed by atoms with Crippen molar-refractivity contribution in [3.8, 4) is 0 Å². The fraction of sp³-hybridized carbons (Fsp3) is 0.667. The predicted molar refractivity (Wildman–Crippen MR) is 60.4 cm³/mol. The van der Waals surface area contributed by atoms with Crippen molar-refractivity contribution >= 4 is 11.9 Å². The second kappa shape index (κ2) is 4.49. The first kappa shape index (κ1) is 12.1. The molecule has 0 aromatic carbocycles. The number of hydrogen-bond donors (Lipinski definition) is 1. The van der Waals surface area contributed by atoms with Crippen LogP contribution in [0.3, 0.4) is 0 Å². The number of carbonyl (C=O) groups is 2. The Morgan fingerprint density at radius 3 is 3.00 bits per heavy atom. The largest absolute Gasteiger partial charge is 0.453 e. The molecule has 0 unspecified atom stereocenters. The first-order chi connectivity index (χ1) is 8.11. The maximum Gasteiger partial charge on any atom is 0.409 e. The molecular formula is C12H17NO4. The second-order valence-corrected chi connectivity index (χ2v) is 4.72. The molecule has 2 rings (SSSR count). The molecule has 0 spiro atoms. The van der Waals surface area contributed by atoms with Crippen LogP contribution in [-0.4, -0.2) is 48.7 Å². The molecule has 1 aliphatic heterocycles. The average Bonchev–Trinajstić information content (AvgIpc) is 2.37. The third-order valence-electron chi connectivity index (χ3n) is 3.75. The van der Waals surface area contributed by atoms with Gasteiger partial charge in [0, 0.05) is 24.9 Å². The van der Waals surface area contributed by atoms with Crippen LogP contribution in [0.15, 0.2) is 11.6 Å². The fourth-order valence-corrected chi connectivity index (χ4v) is 2.68. The maximum absolute atomic E-state index is 11.5. The minimum atomic E-state index is -0.430. The van der Waals surface area contributed by atoms with Crippen molar-refractivity contribution in [3.63, 3.8) is 0 Å². The van der Waals surface area contributed by atoms with E-state index in [4.69, 9.17) is 4.74 Å². The standard InChI is InChI=1S/C12H17NO4/c1-17-11(16)13-5-3-9-6-10(15)2-4-12(9,7-13)8-14/h6,14H,2-5,7-8H2,1H3/t12-/m0/s1. The number of aliphatic hydroxyl groups is 1. The summed E-state index contributed by atoms with van der Waals surface area (Å²) in [6.07, 6.45) is 2.98. The number of ketones is 1. The number of carbonyl (C=O) groups excluding carboxylic acids is 2. The number of amides is 1. The Labute approximate surface area is 100 Å². The number of nitrogens with zero attached hydrogens (tertiary/aromatic N) is 1. The van der Waals surface area contributed by atoms with Gasteiger partial charge in [0.1, 0.15) is 0 Å². The fourth-order valence-electron chi connectivity index (χ4n) is 2.68. The Morgan fingerprint density at radius 1 is 1.59 bits per heavy atom. The molecule has 0 saturated carbocycles. The van der Waals surface area contributed by atoms with Crippen molar-refractivity contribution in [2.24, 2.45) is 5.41 Å². The van der Waals surface area contributed by atoms with E-state index in [2.05, 4.69) is 0 Å². The highest BCUT2D eigenvalue weighted by atomic mass is 16.5. The van der Waals surface area contributed by atoms with Crippen LogP contribution in [-0.2, 0) is 9.53 Å². The SMILES string of the molecule is COC(=O)N1CCC2=CC(=O)CC[C@@]2(CO)C1. The summed E-state index contributed by atoms with van der Waals surface area (Å²) in [5, 5.41) is 9.60. The smallest absolute Gasteiger partial charge is 0.409 e. The van der Waals surface area contributed by atoms with Crippen molar-refractivity contribution in [1.29, 1.82) is 0 Å². The van der Waals surface area contributed by atoms with Crippen molar-refractivity contribution in [3.05, 3.63) is 11.6 Å². The zero-order valence-electron chi connectivity index (χ0n) is 9.94. The summed E-state index contributed by atoms with van der Waals surface area (Å²) < 4.78 is 4.70. The van der Waals surface area contributed by atoms with Crippen LogP contribution < -0.4 is 0 Å². The summed E-state index contributed by atoms with van der Waals surface area (Å²) in [7, 11) is 1.35. The third kappa shape index (κ3) is 2.07. The van der Waals surface area contributed by atoms with Crippen LogP contribution in [0.2, 0.25) is 0 Å². The molecule has 0 aromatic rings. The van der Waals surface area contributed by atoms with E-state index < -0.39 is 5.41 Å². The van der Waals surface area contributed by atoms with Gasteiger partial charge in [-0.05, 0) is 18.9 Å². The van der Waals surface area contributed by atoms with E-state index >= 15 is 0 Å². The number of fused-ring (bicyclic) bond motifs is 1. The number of piperidine rings is 1. The quantitative estimate of drug-likeness (QED) is 0.732. The molecule has 0 bridgehead atoms. The molecule has 5 nitrogen and oxygen atoms in total. The van der Waals surface area contributed by atoms with E-state index in [1.54, 1.807) is 11.0 Å². The lowest BCUT2D eigenvalue weighted by molar-refractivity contribution is -0.116. The molecule has 1 aliphatic carbocycles. The van der Waals surface area contributed by atoms with Gasteiger partial charge in [-0.3, -0.25) is 4.79 Å². The minimum Gasteiger partial charge on any atom is -0.453 e. The van der Waals surface area contributed by atoms with E-state index in [-0.39, 0.29) is 18.5 Å². The molecule has 0 radical (unpaired) electrons. The number of methoxy groups -OCH3 is 1. The van der Waals surface area contributed by atoms with Gasteiger partial charge in [0.2, 0.25) is 0 Å². The van der Waals surface area contributed by atoms with E-state index in [1.807, 2.05) is 0 Å². The molecule has 1 atom stereocenters. The lowest BCUT2D eigenvalue weighted by atomic mass is 9.69. The number of allylic oxidation sites excluding steroid dienone is 1. The lowest BCUT2D eigenvalue weighted by Crippen LogP contribution is -2.50. The summed E-state index contributed by atoms with van der Waals surface area (Å²) in [5.74, 6) is 0.121. The first-order valence-electron chi connectivity index (χ1n) is 5.79. The highest BCUT2D eigenvalue weighted by molar-refractivity contribution is 5.91. The number of hydrogen-bond acceptors (Lipinski definition) is 4. The average molecular weight is 239 g/mol. The first-order valence-corrected chi connectivity index (χ1v) is 5.79. The number of rotatable bonds is 1. The van der Waals surface area contributed by atoms with Gasteiger partial charge in [-0.1, -0.05) is 5.57 Å². The van der Waals surface area contributed by atoms with Gasteiger partial charge in [-0.15, -0.1) is 0 Å². The Bertz CT molecular complexity index is 377. The minimum absolute atomic E-state index is 0.0282. The molecule has 17 heavy (non-hydrogen) atoms. The monoisotopic (exact) mass is 239 g/mol. The molecule has 94 valence electrons. The van der Waals surface area contributed by atoms with Gasteiger partial charge in [0.05, 0.1) is 13.7 Å². The van der Waals surface area contributed by atoms with Gasteiger partial charge in [-0.2, -0.15) is 0 Å². The molecule has 1 amide bonds. The molecule has 5 heteroatoms. The Morgan fingerprint density at radius 2 is 2.35 bits per heavy atom. The van der Waals surface area contributed by atoms with Crippen LogP contribution in [0.4, 0.5) is 4.79 Å². The van der Waals surface area contributed by atoms with Crippen LogP contribution in [0.1, 0.15) is 19.3 Å². The topological polar surface area (TPSA) is 66.8 Å². The van der Waals surface area contributed by atoms with E-state index in [1.165, 1.54) is 7.11 Å². The van der Waals surface area contributed by atoms with Gasteiger partial charge < -0.3 is 14.7 Å². The zero-order valence-corrected chi connectivity index (χ0v) is 9.94. The van der Waals surface area contributed by atoms with Crippen molar-refractivity contribution in [2.75, 3.05) is 26.8 Å².